The van der Waals surface area contributed by atoms with Crippen LogP contribution >= 0.6 is 0 Å². The number of hydrogen-bond acceptors (Lipinski definition) is 5. The largest absolute Gasteiger partial charge is 0.497 e. The maximum atomic E-state index is 12.3. The molecule has 0 aliphatic carbocycles. The summed E-state index contributed by atoms with van der Waals surface area (Å²) in [5, 5.41) is 6.13. The molecule has 0 bridgehead atoms. The molecule has 0 unspecified atom stereocenters. The fourth-order valence-electron chi connectivity index (χ4n) is 3.29. The van der Waals surface area contributed by atoms with E-state index in [0.29, 0.717) is 24.5 Å². The monoisotopic (exact) mass is 368 g/mol. The number of carbonyl (C=O) groups is 1. The van der Waals surface area contributed by atoms with Crippen LogP contribution in [0.3, 0.4) is 0 Å². The third-order valence-corrected chi connectivity index (χ3v) is 4.53. The number of nitrogens with zero attached hydrogens (tertiary/aromatic N) is 2. The Morgan fingerprint density at radius 1 is 1.15 bits per heavy atom. The van der Waals surface area contributed by atoms with E-state index in [-0.39, 0.29) is 11.9 Å². The van der Waals surface area contributed by atoms with Gasteiger partial charge in [-0.15, -0.1) is 0 Å². The molecule has 0 radical (unpaired) electrons. The van der Waals surface area contributed by atoms with Crippen molar-refractivity contribution in [2.24, 2.45) is 5.10 Å². The number of carbonyl (C=O) groups excluding carboxylic acids is 1. The molecule has 1 aliphatic heterocycles. The lowest BCUT2D eigenvalue weighted by Gasteiger charge is -2.22. The van der Waals surface area contributed by atoms with Gasteiger partial charge in [-0.25, -0.2) is 5.01 Å². The fraction of sp³-hybridized carbons (Fsp3) is 0.333. The van der Waals surface area contributed by atoms with E-state index < -0.39 is 0 Å². The average Bonchev–Trinajstić information content (AvgIpc) is 3.13. The number of ether oxygens (including phenoxy) is 3. The van der Waals surface area contributed by atoms with Crippen molar-refractivity contribution in [2.75, 3.05) is 20.8 Å². The van der Waals surface area contributed by atoms with Crippen molar-refractivity contribution in [1.82, 2.24) is 5.01 Å². The molecule has 6 nitrogen and oxygen atoms in total. The number of hydrogen-bond donors (Lipinski definition) is 0. The van der Waals surface area contributed by atoms with E-state index in [1.807, 2.05) is 49.4 Å². The first-order valence-corrected chi connectivity index (χ1v) is 8.90. The van der Waals surface area contributed by atoms with Gasteiger partial charge in [0.15, 0.2) is 0 Å². The minimum Gasteiger partial charge on any atom is -0.497 e. The van der Waals surface area contributed by atoms with Crippen LogP contribution in [0.1, 0.15) is 37.4 Å². The smallest absolute Gasteiger partial charge is 0.240 e. The second-order valence-corrected chi connectivity index (χ2v) is 6.17. The van der Waals surface area contributed by atoms with Crippen LogP contribution in [-0.4, -0.2) is 37.5 Å². The van der Waals surface area contributed by atoms with Gasteiger partial charge < -0.3 is 14.2 Å². The van der Waals surface area contributed by atoms with Crippen LogP contribution in [0.4, 0.5) is 0 Å². The van der Waals surface area contributed by atoms with Gasteiger partial charge in [0, 0.05) is 24.5 Å². The lowest BCUT2D eigenvalue weighted by molar-refractivity contribution is -0.130. The molecule has 142 valence electrons. The zero-order chi connectivity index (χ0) is 19.4. The Kier molecular flexibility index (Phi) is 5.64. The number of para-hydroxylation sites is 1. The van der Waals surface area contributed by atoms with E-state index in [9.17, 15) is 4.79 Å². The van der Waals surface area contributed by atoms with Crippen molar-refractivity contribution < 1.29 is 19.0 Å². The summed E-state index contributed by atoms with van der Waals surface area (Å²) in [5.41, 5.74) is 2.53. The van der Waals surface area contributed by atoms with Crippen molar-refractivity contribution in [2.45, 2.75) is 26.3 Å². The van der Waals surface area contributed by atoms with Gasteiger partial charge in [0.2, 0.25) is 5.91 Å². The Bertz CT molecular complexity index is 863. The molecule has 2 aromatic carbocycles. The van der Waals surface area contributed by atoms with Gasteiger partial charge in [0.1, 0.15) is 17.2 Å². The van der Waals surface area contributed by atoms with Crippen molar-refractivity contribution in [3.8, 4) is 17.2 Å². The number of hydrazone groups is 1. The van der Waals surface area contributed by atoms with Crippen molar-refractivity contribution in [3.63, 3.8) is 0 Å². The molecular formula is C21H24N2O4. The molecule has 6 heteroatoms. The first-order valence-electron chi connectivity index (χ1n) is 8.90. The summed E-state index contributed by atoms with van der Waals surface area (Å²) in [6.45, 7) is 4.02. The first-order chi connectivity index (χ1) is 13.1. The quantitative estimate of drug-likeness (QED) is 0.778. The van der Waals surface area contributed by atoms with Crippen LogP contribution in [0.25, 0.3) is 0 Å². The van der Waals surface area contributed by atoms with Crippen LogP contribution in [0, 0.1) is 0 Å². The van der Waals surface area contributed by atoms with Gasteiger partial charge >= 0.3 is 0 Å². The van der Waals surface area contributed by atoms with Crippen LogP contribution in [0.5, 0.6) is 17.2 Å². The van der Waals surface area contributed by atoms with Gasteiger partial charge in [-0.3, -0.25) is 4.79 Å². The Balaban J connectivity index is 2.02. The van der Waals surface area contributed by atoms with Gasteiger partial charge in [0.05, 0.1) is 32.6 Å². The predicted molar refractivity (Wildman–Crippen MR) is 104 cm³/mol. The highest BCUT2D eigenvalue weighted by atomic mass is 16.5. The Labute approximate surface area is 159 Å². The average molecular weight is 368 g/mol. The Morgan fingerprint density at radius 3 is 2.59 bits per heavy atom. The summed E-state index contributed by atoms with van der Waals surface area (Å²) in [7, 11) is 3.23. The Hall–Kier alpha value is -3.02. The highest BCUT2D eigenvalue weighted by molar-refractivity contribution is 6.05. The molecule has 1 amide bonds. The summed E-state index contributed by atoms with van der Waals surface area (Å²) in [4.78, 5) is 12.3. The molecule has 1 aliphatic rings. The molecule has 1 heterocycles. The van der Waals surface area contributed by atoms with E-state index in [1.54, 1.807) is 14.2 Å². The zero-order valence-electron chi connectivity index (χ0n) is 16.1. The molecular weight excluding hydrogens is 344 g/mol. The van der Waals surface area contributed by atoms with Crippen LogP contribution in [-0.2, 0) is 4.79 Å². The van der Waals surface area contributed by atoms with Crippen LogP contribution in [0.2, 0.25) is 0 Å². The van der Waals surface area contributed by atoms with Gasteiger partial charge in [-0.1, -0.05) is 18.2 Å². The first kappa shape index (κ1) is 18.8. The molecule has 0 saturated carbocycles. The van der Waals surface area contributed by atoms with E-state index in [1.165, 1.54) is 11.9 Å². The molecule has 3 rings (SSSR count). The van der Waals surface area contributed by atoms with Gasteiger partial charge in [0.25, 0.3) is 0 Å². The van der Waals surface area contributed by atoms with E-state index in [2.05, 4.69) is 5.10 Å². The maximum Gasteiger partial charge on any atom is 0.240 e. The molecule has 0 spiro atoms. The standard InChI is InChI=1S/C21H24N2O4/c1-5-27-21-9-7-6-8-16(21)19-13-18(22-23(19)14(2)24)17-12-15(25-3)10-11-20(17)26-4/h6-12,19H,5,13H2,1-4H3/t19-/m0/s1. The predicted octanol–water partition coefficient (Wildman–Crippen LogP) is 3.80. The normalized spacial score (nSPS) is 16.1. The molecule has 2 aromatic rings. The number of amides is 1. The summed E-state index contributed by atoms with van der Waals surface area (Å²) in [6, 6.07) is 13.1. The number of rotatable bonds is 6. The molecule has 0 aromatic heterocycles. The minimum atomic E-state index is -0.226. The van der Waals surface area contributed by atoms with Crippen molar-refractivity contribution >= 4 is 11.6 Å². The third kappa shape index (κ3) is 3.74. The summed E-state index contributed by atoms with van der Waals surface area (Å²) in [5.74, 6) is 2.05. The number of benzene rings is 2. The molecule has 27 heavy (non-hydrogen) atoms. The second kappa shape index (κ2) is 8.12. The second-order valence-electron chi connectivity index (χ2n) is 6.17. The number of methoxy groups -OCH3 is 2. The SMILES string of the molecule is CCOc1ccccc1[C@@H]1CC(c2cc(OC)ccc2OC)=NN1C(C)=O. The van der Waals surface area contributed by atoms with E-state index >= 15 is 0 Å². The summed E-state index contributed by atoms with van der Waals surface area (Å²) < 4.78 is 16.6. The third-order valence-electron chi connectivity index (χ3n) is 4.53. The molecule has 0 N–H and O–H groups in total. The fourth-order valence-corrected chi connectivity index (χ4v) is 3.29. The van der Waals surface area contributed by atoms with Gasteiger partial charge in [-0.2, -0.15) is 5.10 Å². The lowest BCUT2D eigenvalue weighted by Crippen LogP contribution is -2.24. The van der Waals surface area contributed by atoms with Crippen molar-refractivity contribution in [3.05, 3.63) is 53.6 Å². The van der Waals surface area contributed by atoms with Crippen molar-refractivity contribution in [1.29, 1.82) is 0 Å². The van der Waals surface area contributed by atoms with Gasteiger partial charge in [-0.05, 0) is 31.2 Å². The summed E-state index contributed by atoms with van der Waals surface area (Å²) in [6.07, 6.45) is 0.563. The van der Waals surface area contributed by atoms with E-state index in [0.717, 1.165) is 22.6 Å². The lowest BCUT2D eigenvalue weighted by atomic mass is 9.97. The highest BCUT2D eigenvalue weighted by Gasteiger charge is 2.34. The van der Waals surface area contributed by atoms with Crippen LogP contribution < -0.4 is 14.2 Å². The molecule has 0 fully saturated rings. The zero-order valence-corrected chi connectivity index (χ0v) is 16.1. The summed E-state index contributed by atoms with van der Waals surface area (Å²) >= 11 is 0. The molecule has 0 saturated heterocycles. The minimum absolute atomic E-state index is 0.122. The maximum absolute atomic E-state index is 12.3. The topological polar surface area (TPSA) is 60.4 Å². The molecule has 1 atom stereocenters. The van der Waals surface area contributed by atoms with E-state index in [4.69, 9.17) is 14.2 Å². The highest BCUT2D eigenvalue weighted by Crippen LogP contribution is 2.39. The van der Waals surface area contributed by atoms with Crippen LogP contribution in [0.15, 0.2) is 47.6 Å². The Morgan fingerprint density at radius 2 is 1.93 bits per heavy atom.